The van der Waals surface area contributed by atoms with Gasteiger partial charge < -0.3 is 15.6 Å². The zero-order chi connectivity index (χ0) is 18.4. The van der Waals surface area contributed by atoms with Gasteiger partial charge in [-0.1, -0.05) is 0 Å². The number of aliphatic hydroxyl groups is 1. The third kappa shape index (κ3) is 5.31. The van der Waals surface area contributed by atoms with Gasteiger partial charge in [0.2, 0.25) is 0 Å². The van der Waals surface area contributed by atoms with Crippen LogP contribution in [-0.2, 0) is 10.0 Å². The molecule has 0 aliphatic heterocycles. The fourth-order valence-corrected chi connectivity index (χ4v) is 2.95. The van der Waals surface area contributed by atoms with Gasteiger partial charge in [-0.05, 0) is 30.3 Å². The molecule has 10 heteroatoms. The van der Waals surface area contributed by atoms with E-state index in [1.807, 2.05) is 4.72 Å². The van der Waals surface area contributed by atoms with Gasteiger partial charge in [0.25, 0.3) is 15.9 Å². The van der Waals surface area contributed by atoms with E-state index in [-0.39, 0.29) is 22.9 Å². The molecule has 1 amide bonds. The van der Waals surface area contributed by atoms with Crippen molar-refractivity contribution >= 4 is 33.2 Å². The Hall–Kier alpha value is -2.36. The van der Waals surface area contributed by atoms with Crippen LogP contribution in [0.4, 0.5) is 5.69 Å². The maximum atomic E-state index is 12.2. The molecule has 2 rings (SSSR count). The number of alkyl halides is 1. The second kappa shape index (κ2) is 8.15. The number of carbonyl (C=O) groups is 1. The maximum Gasteiger partial charge on any atom is 0.271 e. The highest BCUT2D eigenvalue weighted by Gasteiger charge is 2.20. The van der Waals surface area contributed by atoms with Crippen LogP contribution in [0, 0.1) is 5.21 Å². The first kappa shape index (κ1) is 19.0. The van der Waals surface area contributed by atoms with Gasteiger partial charge >= 0.3 is 0 Å². The van der Waals surface area contributed by atoms with Gasteiger partial charge in [0.05, 0.1) is 16.9 Å². The van der Waals surface area contributed by atoms with Gasteiger partial charge in [-0.25, -0.2) is 13.1 Å². The van der Waals surface area contributed by atoms with Crippen molar-refractivity contribution in [2.75, 3.05) is 17.7 Å². The van der Waals surface area contributed by atoms with E-state index >= 15 is 0 Å². The third-order valence-electron chi connectivity index (χ3n) is 3.15. The minimum Gasteiger partial charge on any atom is -0.619 e. The van der Waals surface area contributed by atoms with Crippen LogP contribution in [0.2, 0.25) is 0 Å². The number of anilines is 1. The fourth-order valence-electron chi connectivity index (χ4n) is 1.87. The van der Waals surface area contributed by atoms with Crippen LogP contribution in [-0.4, -0.2) is 38.0 Å². The SMILES string of the molecule is O=C(NS(=O)(=O)c1ccc(NCC(O)CCl)cc1)c1ccc[n+]([O-])c1. The first-order chi connectivity index (χ1) is 11.8. The van der Waals surface area contributed by atoms with Gasteiger partial charge in [-0.2, -0.15) is 4.73 Å². The molecule has 0 radical (unpaired) electrons. The summed E-state index contributed by atoms with van der Waals surface area (Å²) in [5, 5.41) is 23.4. The Labute approximate surface area is 149 Å². The van der Waals surface area contributed by atoms with E-state index in [1.165, 1.54) is 42.6 Å². The number of carbonyl (C=O) groups excluding carboxylic acids is 1. The first-order valence-electron chi connectivity index (χ1n) is 7.16. The molecule has 3 N–H and O–H groups in total. The molecule has 1 aromatic heterocycles. The fraction of sp³-hybridized carbons (Fsp3) is 0.200. The van der Waals surface area contributed by atoms with Gasteiger partial charge in [0, 0.05) is 18.3 Å². The summed E-state index contributed by atoms with van der Waals surface area (Å²) in [5.74, 6) is -0.827. The van der Waals surface area contributed by atoms with Crippen LogP contribution in [0.3, 0.4) is 0 Å². The number of nitrogens with zero attached hydrogens (tertiary/aromatic N) is 1. The summed E-state index contributed by atoms with van der Waals surface area (Å²) in [6.45, 7) is 0.218. The van der Waals surface area contributed by atoms with E-state index in [0.29, 0.717) is 10.4 Å². The molecule has 0 saturated heterocycles. The minimum atomic E-state index is -4.08. The molecule has 0 bridgehead atoms. The standard InChI is InChI=1S/C15H16ClN3O5S/c16-8-13(20)9-17-12-3-5-14(6-4-12)25(23,24)18-15(21)11-2-1-7-19(22)10-11/h1-7,10,13,17,20H,8-9H2,(H,18,21). The normalized spacial score (nSPS) is 12.4. The van der Waals surface area contributed by atoms with E-state index in [9.17, 15) is 23.5 Å². The molecule has 0 saturated carbocycles. The topological polar surface area (TPSA) is 122 Å². The number of benzene rings is 1. The summed E-state index contributed by atoms with van der Waals surface area (Å²) in [5.41, 5.74) is 0.513. The van der Waals surface area contributed by atoms with Crippen molar-refractivity contribution in [3.05, 3.63) is 59.6 Å². The number of hydrogen-bond donors (Lipinski definition) is 3. The van der Waals surface area contributed by atoms with Crippen molar-refractivity contribution in [2.45, 2.75) is 11.0 Å². The number of amides is 1. The molecule has 0 fully saturated rings. The highest BCUT2D eigenvalue weighted by molar-refractivity contribution is 7.90. The van der Waals surface area contributed by atoms with Crippen LogP contribution in [0.5, 0.6) is 0 Å². The lowest BCUT2D eigenvalue weighted by Crippen LogP contribution is -2.33. The Kier molecular flexibility index (Phi) is 6.18. The second-order valence-electron chi connectivity index (χ2n) is 5.10. The highest BCUT2D eigenvalue weighted by Crippen LogP contribution is 2.14. The van der Waals surface area contributed by atoms with Crippen LogP contribution in [0.25, 0.3) is 0 Å². The predicted octanol–water partition coefficient (Wildman–Crippen LogP) is 0.450. The van der Waals surface area contributed by atoms with Crippen molar-refractivity contribution in [1.29, 1.82) is 0 Å². The molecule has 1 atom stereocenters. The Balaban J connectivity index is 2.07. The monoisotopic (exact) mass is 385 g/mol. The highest BCUT2D eigenvalue weighted by atomic mass is 35.5. The van der Waals surface area contributed by atoms with E-state index < -0.39 is 22.0 Å². The van der Waals surface area contributed by atoms with Gasteiger partial charge in [0.1, 0.15) is 5.56 Å². The molecule has 1 unspecified atom stereocenters. The van der Waals surface area contributed by atoms with Crippen molar-refractivity contribution < 1.29 is 23.0 Å². The average Bonchev–Trinajstić information content (AvgIpc) is 2.59. The Morgan fingerprint density at radius 3 is 2.56 bits per heavy atom. The van der Waals surface area contributed by atoms with Crippen LogP contribution in [0.1, 0.15) is 10.4 Å². The molecule has 0 aliphatic carbocycles. The summed E-state index contributed by atoms with van der Waals surface area (Å²) >= 11 is 5.48. The van der Waals surface area contributed by atoms with Crippen molar-refractivity contribution in [1.82, 2.24) is 4.72 Å². The largest absolute Gasteiger partial charge is 0.619 e. The Morgan fingerprint density at radius 1 is 1.28 bits per heavy atom. The van der Waals surface area contributed by atoms with Gasteiger partial charge in [-0.3, -0.25) is 4.79 Å². The van der Waals surface area contributed by atoms with Crippen molar-refractivity contribution in [3.8, 4) is 0 Å². The predicted molar refractivity (Wildman–Crippen MR) is 91.7 cm³/mol. The summed E-state index contributed by atoms with van der Waals surface area (Å²) in [6.07, 6.45) is 1.43. The molecule has 1 aromatic carbocycles. The summed E-state index contributed by atoms with van der Waals surface area (Å²) < 4.78 is 26.8. The first-order valence-corrected chi connectivity index (χ1v) is 9.17. The zero-order valence-corrected chi connectivity index (χ0v) is 14.5. The lowest BCUT2D eigenvalue weighted by molar-refractivity contribution is -0.605. The van der Waals surface area contributed by atoms with E-state index in [1.54, 1.807) is 0 Å². The summed E-state index contributed by atoms with van der Waals surface area (Å²) in [4.78, 5) is 11.9. The number of hydrogen-bond acceptors (Lipinski definition) is 6. The van der Waals surface area contributed by atoms with E-state index in [4.69, 9.17) is 11.6 Å². The van der Waals surface area contributed by atoms with Gasteiger partial charge in [0.15, 0.2) is 12.4 Å². The number of pyridine rings is 1. The molecule has 8 nitrogen and oxygen atoms in total. The number of aromatic nitrogens is 1. The average molecular weight is 386 g/mol. The number of nitrogens with one attached hydrogen (secondary N) is 2. The van der Waals surface area contributed by atoms with Gasteiger partial charge in [-0.15, -0.1) is 11.6 Å². The smallest absolute Gasteiger partial charge is 0.271 e. The number of aliphatic hydroxyl groups excluding tert-OH is 1. The number of sulfonamides is 1. The minimum absolute atomic E-state index is 0.0746. The second-order valence-corrected chi connectivity index (χ2v) is 7.09. The molecule has 2 aromatic rings. The van der Waals surface area contributed by atoms with Crippen LogP contribution in [0.15, 0.2) is 53.7 Å². The van der Waals surface area contributed by atoms with E-state index in [0.717, 1.165) is 6.20 Å². The van der Waals surface area contributed by atoms with Crippen molar-refractivity contribution in [2.24, 2.45) is 0 Å². The molecule has 0 aliphatic rings. The lowest BCUT2D eigenvalue weighted by Gasteiger charge is -2.11. The third-order valence-corrected chi connectivity index (χ3v) is 4.85. The van der Waals surface area contributed by atoms with E-state index in [2.05, 4.69) is 5.32 Å². The maximum absolute atomic E-state index is 12.2. The molecule has 25 heavy (non-hydrogen) atoms. The Morgan fingerprint density at radius 2 is 1.96 bits per heavy atom. The lowest BCUT2D eigenvalue weighted by atomic mass is 10.3. The number of halogens is 1. The molecular formula is C15H16ClN3O5S. The van der Waals surface area contributed by atoms with Crippen LogP contribution >= 0.6 is 11.6 Å². The summed E-state index contributed by atoms with van der Waals surface area (Å²) in [7, 11) is -4.08. The Bertz CT molecular complexity index is 843. The van der Waals surface area contributed by atoms with Crippen molar-refractivity contribution in [3.63, 3.8) is 0 Å². The quantitative estimate of drug-likeness (QED) is 0.361. The molecule has 0 spiro atoms. The molecule has 1 heterocycles. The molecular weight excluding hydrogens is 370 g/mol. The summed E-state index contributed by atoms with van der Waals surface area (Å²) in [6, 6.07) is 8.27. The van der Waals surface area contributed by atoms with Crippen LogP contribution < -0.4 is 14.8 Å². The zero-order valence-electron chi connectivity index (χ0n) is 12.9. The molecule has 134 valence electrons. The number of rotatable bonds is 7.